The number of amides is 1. The van der Waals surface area contributed by atoms with Crippen LogP contribution in [0.25, 0.3) is 0 Å². The standard InChI is InChI=1S/C14H26N2O2.ClH/c1-3-8(2)11(17)7-16-14(18)12-9-4-5-10(6-9)13(12)15;/h8-13,17H,3-7,15H2,1-2H3,(H,16,18);1H. The lowest BCUT2D eigenvalue weighted by Crippen LogP contribution is -2.47. The Labute approximate surface area is 121 Å². The maximum absolute atomic E-state index is 12.2. The van der Waals surface area contributed by atoms with Crippen LogP contribution in [-0.4, -0.2) is 29.7 Å². The Morgan fingerprint density at radius 3 is 2.58 bits per heavy atom. The van der Waals surface area contributed by atoms with Crippen molar-refractivity contribution in [3.05, 3.63) is 0 Å². The van der Waals surface area contributed by atoms with Gasteiger partial charge in [0.05, 0.1) is 12.0 Å². The maximum Gasteiger partial charge on any atom is 0.225 e. The van der Waals surface area contributed by atoms with E-state index in [4.69, 9.17) is 5.73 Å². The third-order valence-corrected chi connectivity index (χ3v) is 5.07. The van der Waals surface area contributed by atoms with Crippen molar-refractivity contribution in [2.45, 2.75) is 51.7 Å². The summed E-state index contributed by atoms with van der Waals surface area (Å²) < 4.78 is 0. The molecule has 0 aliphatic heterocycles. The van der Waals surface area contributed by atoms with E-state index in [1.54, 1.807) is 0 Å². The summed E-state index contributed by atoms with van der Waals surface area (Å²) in [5.74, 6) is 1.28. The zero-order valence-corrected chi connectivity index (χ0v) is 12.7. The molecular weight excluding hydrogens is 264 g/mol. The van der Waals surface area contributed by atoms with Gasteiger partial charge in [0.25, 0.3) is 0 Å². The number of hydrogen-bond acceptors (Lipinski definition) is 3. The van der Waals surface area contributed by atoms with Crippen LogP contribution in [0.2, 0.25) is 0 Å². The normalized spacial score (nSPS) is 35.6. The Kier molecular flexibility index (Phi) is 6.09. The second-order valence-electron chi connectivity index (χ2n) is 6.13. The van der Waals surface area contributed by atoms with Crippen molar-refractivity contribution in [3.63, 3.8) is 0 Å². The van der Waals surface area contributed by atoms with E-state index in [0.29, 0.717) is 18.4 Å². The van der Waals surface area contributed by atoms with Gasteiger partial charge >= 0.3 is 0 Å². The molecule has 0 heterocycles. The van der Waals surface area contributed by atoms with Crippen molar-refractivity contribution in [2.24, 2.45) is 29.4 Å². The Hall–Kier alpha value is -0.320. The van der Waals surface area contributed by atoms with E-state index in [0.717, 1.165) is 19.3 Å². The summed E-state index contributed by atoms with van der Waals surface area (Å²) in [7, 11) is 0. The summed E-state index contributed by atoms with van der Waals surface area (Å²) in [6.07, 6.45) is 3.92. The number of nitrogens with two attached hydrogens (primary N) is 1. The number of aliphatic hydroxyl groups excluding tert-OH is 1. The molecule has 5 heteroatoms. The first-order chi connectivity index (χ1) is 8.54. The molecule has 19 heavy (non-hydrogen) atoms. The smallest absolute Gasteiger partial charge is 0.225 e. The van der Waals surface area contributed by atoms with Gasteiger partial charge in [0.15, 0.2) is 0 Å². The van der Waals surface area contributed by atoms with Crippen molar-refractivity contribution in [2.75, 3.05) is 6.54 Å². The van der Waals surface area contributed by atoms with E-state index in [2.05, 4.69) is 5.32 Å². The van der Waals surface area contributed by atoms with Crippen molar-refractivity contribution in [1.29, 1.82) is 0 Å². The lowest BCUT2D eigenvalue weighted by atomic mass is 9.84. The van der Waals surface area contributed by atoms with Crippen molar-refractivity contribution < 1.29 is 9.90 Å². The first-order valence-corrected chi connectivity index (χ1v) is 7.26. The van der Waals surface area contributed by atoms with E-state index in [1.807, 2.05) is 13.8 Å². The van der Waals surface area contributed by atoms with Crippen LogP contribution in [0.1, 0.15) is 39.5 Å². The van der Waals surface area contributed by atoms with Gasteiger partial charge in [0, 0.05) is 12.6 Å². The molecule has 112 valence electrons. The summed E-state index contributed by atoms with van der Waals surface area (Å²) in [5, 5.41) is 12.7. The summed E-state index contributed by atoms with van der Waals surface area (Å²) in [4.78, 5) is 12.2. The van der Waals surface area contributed by atoms with Crippen LogP contribution in [-0.2, 0) is 4.79 Å². The van der Waals surface area contributed by atoms with E-state index in [-0.39, 0.29) is 36.2 Å². The summed E-state index contributed by atoms with van der Waals surface area (Å²) in [5.41, 5.74) is 6.13. The number of halogens is 1. The summed E-state index contributed by atoms with van der Waals surface area (Å²) >= 11 is 0. The van der Waals surface area contributed by atoms with Crippen molar-refractivity contribution in [1.82, 2.24) is 5.32 Å². The molecule has 2 aliphatic rings. The molecule has 2 saturated carbocycles. The van der Waals surface area contributed by atoms with Crippen LogP contribution in [0.15, 0.2) is 0 Å². The molecule has 0 aromatic heterocycles. The molecule has 2 bridgehead atoms. The Bertz CT molecular complexity index is 312. The minimum Gasteiger partial charge on any atom is -0.391 e. The molecule has 0 radical (unpaired) electrons. The lowest BCUT2D eigenvalue weighted by molar-refractivity contribution is -0.127. The molecule has 6 unspecified atom stereocenters. The van der Waals surface area contributed by atoms with Gasteiger partial charge in [0.2, 0.25) is 5.91 Å². The quantitative estimate of drug-likeness (QED) is 0.714. The Morgan fingerprint density at radius 1 is 1.42 bits per heavy atom. The highest BCUT2D eigenvalue weighted by Crippen LogP contribution is 2.47. The van der Waals surface area contributed by atoms with Gasteiger partial charge in [0.1, 0.15) is 0 Å². The van der Waals surface area contributed by atoms with Crippen LogP contribution < -0.4 is 11.1 Å². The number of carbonyl (C=O) groups is 1. The van der Waals surface area contributed by atoms with Gasteiger partial charge in [-0.1, -0.05) is 20.3 Å². The van der Waals surface area contributed by atoms with Crippen LogP contribution in [0, 0.1) is 23.7 Å². The Morgan fingerprint density at radius 2 is 2.05 bits per heavy atom. The van der Waals surface area contributed by atoms with E-state index < -0.39 is 6.10 Å². The molecular formula is C14H27ClN2O2. The fraction of sp³-hybridized carbons (Fsp3) is 0.929. The summed E-state index contributed by atoms with van der Waals surface area (Å²) in [6, 6.07) is 0.0319. The van der Waals surface area contributed by atoms with E-state index in [9.17, 15) is 9.90 Å². The largest absolute Gasteiger partial charge is 0.391 e. The zero-order valence-electron chi connectivity index (χ0n) is 11.8. The molecule has 4 N–H and O–H groups in total. The van der Waals surface area contributed by atoms with Gasteiger partial charge < -0.3 is 16.2 Å². The van der Waals surface area contributed by atoms with Crippen LogP contribution >= 0.6 is 12.4 Å². The van der Waals surface area contributed by atoms with E-state index in [1.165, 1.54) is 6.42 Å². The average molecular weight is 291 g/mol. The number of hydrogen-bond donors (Lipinski definition) is 3. The number of rotatable bonds is 5. The van der Waals surface area contributed by atoms with Crippen LogP contribution in [0.4, 0.5) is 0 Å². The summed E-state index contributed by atoms with van der Waals surface area (Å²) in [6.45, 7) is 4.40. The molecule has 0 aromatic rings. The zero-order chi connectivity index (χ0) is 13.3. The molecule has 6 atom stereocenters. The van der Waals surface area contributed by atoms with Crippen molar-refractivity contribution >= 4 is 18.3 Å². The molecule has 2 aliphatic carbocycles. The molecule has 0 saturated heterocycles. The van der Waals surface area contributed by atoms with Crippen molar-refractivity contribution in [3.8, 4) is 0 Å². The predicted octanol–water partition coefficient (Wildman–Crippen LogP) is 1.30. The van der Waals surface area contributed by atoms with Crippen LogP contribution in [0.3, 0.4) is 0 Å². The number of carbonyl (C=O) groups excluding carboxylic acids is 1. The fourth-order valence-electron chi connectivity index (χ4n) is 3.52. The average Bonchev–Trinajstić information content (AvgIpc) is 2.95. The Balaban J connectivity index is 0.00000180. The second kappa shape index (κ2) is 6.91. The monoisotopic (exact) mass is 290 g/mol. The molecule has 0 spiro atoms. The fourth-order valence-corrected chi connectivity index (χ4v) is 3.52. The van der Waals surface area contributed by atoms with Crippen LogP contribution in [0.5, 0.6) is 0 Å². The van der Waals surface area contributed by atoms with E-state index >= 15 is 0 Å². The molecule has 0 aromatic carbocycles. The maximum atomic E-state index is 12.2. The third-order valence-electron chi connectivity index (χ3n) is 5.07. The first kappa shape index (κ1) is 16.7. The minimum atomic E-state index is -0.450. The number of aliphatic hydroxyl groups is 1. The second-order valence-corrected chi connectivity index (χ2v) is 6.13. The van der Waals surface area contributed by atoms with Gasteiger partial charge in [-0.25, -0.2) is 0 Å². The molecule has 2 rings (SSSR count). The highest BCUT2D eigenvalue weighted by Gasteiger charge is 2.48. The van der Waals surface area contributed by atoms with Gasteiger partial charge in [-0.05, 0) is 37.0 Å². The highest BCUT2D eigenvalue weighted by atomic mass is 35.5. The molecule has 4 nitrogen and oxygen atoms in total. The third kappa shape index (κ3) is 3.41. The minimum absolute atomic E-state index is 0. The molecule has 2 fully saturated rings. The highest BCUT2D eigenvalue weighted by molar-refractivity contribution is 5.85. The van der Waals surface area contributed by atoms with Gasteiger partial charge in [-0.2, -0.15) is 0 Å². The predicted molar refractivity (Wildman–Crippen MR) is 78.0 cm³/mol. The number of nitrogens with one attached hydrogen (secondary N) is 1. The number of fused-ring (bicyclic) bond motifs is 2. The SMILES string of the molecule is CCC(C)C(O)CNC(=O)C1C2CCC(C2)C1N.Cl. The topological polar surface area (TPSA) is 75.3 Å². The lowest BCUT2D eigenvalue weighted by Gasteiger charge is -2.28. The first-order valence-electron chi connectivity index (χ1n) is 7.26. The molecule has 1 amide bonds. The van der Waals surface area contributed by atoms with Gasteiger partial charge in [-0.15, -0.1) is 12.4 Å². The van der Waals surface area contributed by atoms with Gasteiger partial charge in [-0.3, -0.25) is 4.79 Å².